The lowest BCUT2D eigenvalue weighted by molar-refractivity contribution is -0.145. The number of hydrogen-bond acceptors (Lipinski definition) is 7. The quantitative estimate of drug-likeness (QED) is 0.182. The van der Waals surface area contributed by atoms with Crippen molar-refractivity contribution in [3.63, 3.8) is 0 Å². The number of benzene rings is 3. The van der Waals surface area contributed by atoms with Gasteiger partial charge in [-0.1, -0.05) is 48.0 Å². The van der Waals surface area contributed by atoms with Crippen molar-refractivity contribution in [1.29, 1.82) is 0 Å². The molecule has 0 aromatic heterocycles. The zero-order chi connectivity index (χ0) is 27.5. The fourth-order valence-corrected chi connectivity index (χ4v) is 5.08. The highest BCUT2D eigenvalue weighted by Gasteiger charge is 2.23. The van der Waals surface area contributed by atoms with Gasteiger partial charge in [0.2, 0.25) is 15.9 Å². The molecule has 0 spiro atoms. The van der Waals surface area contributed by atoms with Crippen molar-refractivity contribution < 1.29 is 27.5 Å². The van der Waals surface area contributed by atoms with Crippen molar-refractivity contribution in [3.8, 4) is 5.75 Å². The first-order valence-electron chi connectivity index (χ1n) is 11.7. The Labute approximate surface area is 230 Å². The standard InChI is InChI=1S/C27H28BrN3O6S/c1-3-36-27(33)18-37-25-14-11-20(15-23(25)28)17-29-30-26(32)16-24(21-7-5-4-6-8-21)31-38(34,35)22-12-9-19(2)10-13-22/h4-15,17,24,31H,3,16,18H2,1-2H3,(H,30,32)/b29-17-/t24-/m1/s1. The number of aryl methyl sites for hydroxylation is 1. The summed E-state index contributed by atoms with van der Waals surface area (Å²) in [5.74, 6) is -0.497. The van der Waals surface area contributed by atoms with E-state index in [9.17, 15) is 18.0 Å². The molecule has 3 aromatic rings. The Morgan fingerprint density at radius 1 is 1.05 bits per heavy atom. The van der Waals surface area contributed by atoms with Gasteiger partial charge in [-0.05, 0) is 71.2 Å². The molecule has 0 aliphatic rings. The predicted octanol–water partition coefficient (Wildman–Crippen LogP) is 4.26. The largest absolute Gasteiger partial charge is 0.481 e. The van der Waals surface area contributed by atoms with Crippen LogP contribution in [-0.4, -0.2) is 39.7 Å². The van der Waals surface area contributed by atoms with E-state index in [4.69, 9.17) is 9.47 Å². The van der Waals surface area contributed by atoms with Gasteiger partial charge in [-0.2, -0.15) is 5.10 Å². The highest BCUT2D eigenvalue weighted by atomic mass is 79.9. The molecular weight excluding hydrogens is 574 g/mol. The summed E-state index contributed by atoms with van der Waals surface area (Å²) < 4.78 is 39.4. The Bertz CT molecular complexity index is 1380. The van der Waals surface area contributed by atoms with E-state index in [-0.39, 0.29) is 24.5 Å². The summed E-state index contributed by atoms with van der Waals surface area (Å²) in [5.41, 5.74) is 4.67. The van der Waals surface area contributed by atoms with Gasteiger partial charge in [0.15, 0.2) is 6.61 Å². The normalized spacial score (nSPS) is 12.2. The van der Waals surface area contributed by atoms with Crippen LogP contribution in [-0.2, 0) is 24.3 Å². The number of carbonyl (C=O) groups excluding carboxylic acids is 2. The van der Waals surface area contributed by atoms with E-state index >= 15 is 0 Å². The maximum atomic E-state index is 13.0. The van der Waals surface area contributed by atoms with Gasteiger partial charge in [-0.15, -0.1) is 0 Å². The lowest BCUT2D eigenvalue weighted by atomic mass is 10.0. The van der Waals surface area contributed by atoms with Crippen LogP contribution in [0.5, 0.6) is 5.75 Å². The maximum Gasteiger partial charge on any atom is 0.344 e. The molecule has 0 saturated carbocycles. The number of halogens is 1. The highest BCUT2D eigenvalue weighted by molar-refractivity contribution is 9.10. The second-order valence-corrected chi connectivity index (χ2v) is 10.7. The van der Waals surface area contributed by atoms with Crippen LogP contribution in [0.4, 0.5) is 0 Å². The molecule has 3 aromatic carbocycles. The molecular formula is C27H28BrN3O6S. The minimum atomic E-state index is -3.87. The topological polar surface area (TPSA) is 123 Å². The molecule has 0 radical (unpaired) electrons. The molecule has 38 heavy (non-hydrogen) atoms. The van der Waals surface area contributed by atoms with E-state index in [0.717, 1.165) is 5.56 Å². The van der Waals surface area contributed by atoms with Crippen LogP contribution in [0.1, 0.15) is 36.1 Å². The van der Waals surface area contributed by atoms with Crippen molar-refractivity contribution in [1.82, 2.24) is 10.1 Å². The monoisotopic (exact) mass is 601 g/mol. The number of nitrogens with one attached hydrogen (secondary N) is 2. The average molecular weight is 603 g/mol. The minimum Gasteiger partial charge on any atom is -0.481 e. The first-order chi connectivity index (χ1) is 18.2. The van der Waals surface area contributed by atoms with E-state index < -0.39 is 27.9 Å². The molecule has 0 heterocycles. The fraction of sp³-hybridized carbons (Fsp3) is 0.222. The summed E-state index contributed by atoms with van der Waals surface area (Å²) in [6, 6.07) is 19.6. The van der Waals surface area contributed by atoms with Gasteiger partial charge in [0.1, 0.15) is 5.75 Å². The van der Waals surface area contributed by atoms with Crippen molar-refractivity contribution in [2.24, 2.45) is 5.10 Å². The lowest BCUT2D eigenvalue weighted by Gasteiger charge is -2.18. The molecule has 0 bridgehead atoms. The Kier molecular flexibility index (Phi) is 10.6. The number of carbonyl (C=O) groups is 2. The molecule has 0 saturated heterocycles. The van der Waals surface area contributed by atoms with E-state index in [1.807, 2.05) is 13.0 Å². The zero-order valence-electron chi connectivity index (χ0n) is 20.9. The molecule has 0 fully saturated rings. The number of esters is 1. The average Bonchev–Trinajstić information content (AvgIpc) is 2.88. The van der Waals surface area contributed by atoms with Crippen LogP contribution in [0.25, 0.3) is 0 Å². The Hall–Kier alpha value is -3.54. The molecule has 3 rings (SSSR count). The van der Waals surface area contributed by atoms with Crippen molar-refractivity contribution in [3.05, 3.63) is 94.0 Å². The van der Waals surface area contributed by atoms with Gasteiger partial charge in [0.05, 0.1) is 28.2 Å². The third-order valence-corrected chi connectivity index (χ3v) is 7.34. The maximum absolute atomic E-state index is 13.0. The molecule has 9 nitrogen and oxygen atoms in total. The van der Waals surface area contributed by atoms with Crippen LogP contribution < -0.4 is 14.9 Å². The first-order valence-corrected chi connectivity index (χ1v) is 14.0. The number of nitrogens with zero attached hydrogens (tertiary/aromatic N) is 1. The molecule has 2 N–H and O–H groups in total. The van der Waals surface area contributed by atoms with Gasteiger partial charge in [0.25, 0.3) is 0 Å². The number of rotatable bonds is 12. The van der Waals surface area contributed by atoms with E-state index in [1.165, 1.54) is 18.3 Å². The molecule has 0 unspecified atom stereocenters. The van der Waals surface area contributed by atoms with Gasteiger partial charge in [-0.3, -0.25) is 4.79 Å². The minimum absolute atomic E-state index is 0.114. The van der Waals surface area contributed by atoms with Crippen LogP contribution in [0.2, 0.25) is 0 Å². The van der Waals surface area contributed by atoms with Crippen LogP contribution in [0.15, 0.2) is 87.3 Å². The second-order valence-electron chi connectivity index (χ2n) is 8.18. The van der Waals surface area contributed by atoms with E-state index in [2.05, 4.69) is 31.2 Å². The summed E-state index contributed by atoms with van der Waals surface area (Å²) in [7, 11) is -3.87. The Morgan fingerprint density at radius 3 is 2.42 bits per heavy atom. The SMILES string of the molecule is CCOC(=O)COc1ccc(/C=N\NC(=O)C[C@@H](NS(=O)(=O)c2ccc(C)cc2)c2ccccc2)cc1Br. The van der Waals surface area contributed by atoms with E-state index in [0.29, 0.717) is 21.3 Å². The second kappa shape index (κ2) is 13.8. The molecule has 0 aliphatic heterocycles. The third kappa shape index (κ3) is 8.79. The number of amides is 1. The smallest absolute Gasteiger partial charge is 0.344 e. The number of ether oxygens (including phenoxy) is 2. The molecule has 1 amide bonds. The zero-order valence-corrected chi connectivity index (χ0v) is 23.3. The number of hydrazone groups is 1. The van der Waals surface area contributed by atoms with Gasteiger partial charge in [0, 0.05) is 6.42 Å². The molecule has 11 heteroatoms. The van der Waals surface area contributed by atoms with Gasteiger partial charge in [-0.25, -0.2) is 23.4 Å². The third-order valence-electron chi connectivity index (χ3n) is 5.23. The molecule has 1 atom stereocenters. The van der Waals surface area contributed by atoms with Crippen LogP contribution in [0, 0.1) is 6.92 Å². The number of sulfonamides is 1. The Balaban J connectivity index is 1.64. The van der Waals surface area contributed by atoms with E-state index in [1.54, 1.807) is 61.5 Å². The Morgan fingerprint density at radius 2 is 1.76 bits per heavy atom. The predicted molar refractivity (Wildman–Crippen MR) is 147 cm³/mol. The van der Waals surface area contributed by atoms with Gasteiger partial charge < -0.3 is 9.47 Å². The summed E-state index contributed by atoms with van der Waals surface area (Å²) in [6.07, 6.45) is 1.27. The summed E-state index contributed by atoms with van der Waals surface area (Å²) in [6.45, 7) is 3.64. The summed E-state index contributed by atoms with van der Waals surface area (Å²) in [5, 5.41) is 3.98. The van der Waals surface area contributed by atoms with Crippen molar-refractivity contribution in [2.75, 3.05) is 13.2 Å². The van der Waals surface area contributed by atoms with Crippen molar-refractivity contribution >= 4 is 44.0 Å². The molecule has 0 aliphatic carbocycles. The van der Waals surface area contributed by atoms with Crippen LogP contribution in [0.3, 0.4) is 0 Å². The molecule has 200 valence electrons. The first kappa shape index (κ1) is 29.0. The van der Waals surface area contributed by atoms with Gasteiger partial charge >= 0.3 is 5.97 Å². The summed E-state index contributed by atoms with van der Waals surface area (Å²) >= 11 is 3.38. The highest BCUT2D eigenvalue weighted by Crippen LogP contribution is 2.25. The fourth-order valence-electron chi connectivity index (χ4n) is 3.35. The number of hydrogen-bond donors (Lipinski definition) is 2. The lowest BCUT2D eigenvalue weighted by Crippen LogP contribution is -2.32. The van der Waals surface area contributed by atoms with Crippen LogP contribution >= 0.6 is 15.9 Å². The summed E-state index contributed by atoms with van der Waals surface area (Å²) in [4.78, 5) is 24.3. The van der Waals surface area contributed by atoms with Crippen molar-refractivity contribution in [2.45, 2.75) is 31.2 Å².